The maximum atomic E-state index is 11.8. The standard InChI is InChI=1S/C12H17N3O3/c16-11(14-9-4-2-1-3-5-9)8-15-10(12(17)18)6-7-13-15/h6-7,9H,1-5,8H2,(H,14,16)(H,17,18). The van der Waals surface area contributed by atoms with Gasteiger partial charge in [-0.05, 0) is 18.9 Å². The number of carbonyl (C=O) groups is 2. The van der Waals surface area contributed by atoms with Crippen molar-refractivity contribution in [3.63, 3.8) is 0 Å². The molecule has 0 unspecified atom stereocenters. The van der Waals surface area contributed by atoms with Gasteiger partial charge in [0, 0.05) is 12.2 Å². The highest BCUT2D eigenvalue weighted by Gasteiger charge is 2.17. The summed E-state index contributed by atoms with van der Waals surface area (Å²) in [6.45, 7) is -0.0366. The van der Waals surface area contributed by atoms with Crippen LogP contribution in [0.5, 0.6) is 0 Å². The highest BCUT2D eigenvalue weighted by molar-refractivity contribution is 5.86. The third-order valence-electron chi connectivity index (χ3n) is 3.20. The molecule has 1 fully saturated rings. The zero-order valence-electron chi connectivity index (χ0n) is 10.1. The van der Waals surface area contributed by atoms with Crippen molar-refractivity contribution in [2.24, 2.45) is 0 Å². The van der Waals surface area contributed by atoms with Crippen molar-refractivity contribution < 1.29 is 14.7 Å². The molecule has 1 saturated carbocycles. The second-order valence-electron chi connectivity index (χ2n) is 4.58. The van der Waals surface area contributed by atoms with Gasteiger partial charge in [-0.1, -0.05) is 19.3 Å². The molecular weight excluding hydrogens is 234 g/mol. The molecule has 0 aromatic carbocycles. The molecule has 2 N–H and O–H groups in total. The fourth-order valence-corrected chi connectivity index (χ4v) is 2.30. The zero-order chi connectivity index (χ0) is 13.0. The Hall–Kier alpha value is -1.85. The van der Waals surface area contributed by atoms with Crippen LogP contribution in [0.15, 0.2) is 12.3 Å². The van der Waals surface area contributed by atoms with Gasteiger partial charge >= 0.3 is 5.97 Å². The molecule has 18 heavy (non-hydrogen) atoms. The average Bonchev–Trinajstić information content (AvgIpc) is 2.78. The molecule has 6 heteroatoms. The van der Waals surface area contributed by atoms with Crippen LogP contribution >= 0.6 is 0 Å². The molecule has 6 nitrogen and oxygen atoms in total. The Morgan fingerprint density at radius 1 is 1.39 bits per heavy atom. The summed E-state index contributed by atoms with van der Waals surface area (Å²) in [6, 6.07) is 1.62. The molecule has 1 aliphatic carbocycles. The third-order valence-corrected chi connectivity index (χ3v) is 3.20. The summed E-state index contributed by atoms with van der Waals surface area (Å²) in [7, 11) is 0. The molecule has 0 atom stereocenters. The van der Waals surface area contributed by atoms with E-state index in [2.05, 4.69) is 10.4 Å². The summed E-state index contributed by atoms with van der Waals surface area (Å²) in [5.41, 5.74) is 0.0359. The van der Waals surface area contributed by atoms with E-state index in [0.29, 0.717) is 0 Å². The minimum Gasteiger partial charge on any atom is -0.477 e. The van der Waals surface area contributed by atoms with Crippen LogP contribution in [0, 0.1) is 0 Å². The fraction of sp³-hybridized carbons (Fsp3) is 0.583. The first-order valence-corrected chi connectivity index (χ1v) is 6.21. The van der Waals surface area contributed by atoms with Gasteiger partial charge in [0.2, 0.25) is 5.91 Å². The second-order valence-corrected chi connectivity index (χ2v) is 4.58. The van der Waals surface area contributed by atoms with Crippen LogP contribution in [0.1, 0.15) is 42.6 Å². The van der Waals surface area contributed by atoms with Gasteiger partial charge in [0.15, 0.2) is 0 Å². The maximum Gasteiger partial charge on any atom is 0.354 e. The Kier molecular flexibility index (Phi) is 3.96. The number of amides is 1. The van der Waals surface area contributed by atoms with E-state index >= 15 is 0 Å². The van der Waals surface area contributed by atoms with E-state index < -0.39 is 5.97 Å². The number of aromatic carboxylic acids is 1. The van der Waals surface area contributed by atoms with E-state index in [1.807, 2.05) is 0 Å². The van der Waals surface area contributed by atoms with Gasteiger partial charge in [-0.25, -0.2) is 9.48 Å². The molecule has 0 saturated heterocycles. The number of hydrogen-bond acceptors (Lipinski definition) is 3. The van der Waals surface area contributed by atoms with Crippen LogP contribution < -0.4 is 5.32 Å². The van der Waals surface area contributed by atoms with Gasteiger partial charge in [0.1, 0.15) is 12.2 Å². The minimum absolute atomic E-state index is 0.0359. The molecular formula is C12H17N3O3. The lowest BCUT2D eigenvalue weighted by Crippen LogP contribution is -2.38. The first-order valence-electron chi connectivity index (χ1n) is 6.21. The number of carbonyl (C=O) groups excluding carboxylic acids is 1. The van der Waals surface area contributed by atoms with Gasteiger partial charge in [0.05, 0.1) is 0 Å². The number of rotatable bonds is 4. The van der Waals surface area contributed by atoms with Gasteiger partial charge in [-0.3, -0.25) is 4.79 Å². The van der Waals surface area contributed by atoms with Crippen molar-refractivity contribution in [2.45, 2.75) is 44.7 Å². The number of carboxylic acid groups (broad SMARTS) is 1. The molecule has 2 rings (SSSR count). The number of aromatic nitrogens is 2. The predicted octanol–water partition coefficient (Wildman–Crippen LogP) is 1.03. The lowest BCUT2D eigenvalue weighted by atomic mass is 9.95. The normalized spacial score (nSPS) is 16.4. The van der Waals surface area contributed by atoms with Gasteiger partial charge in [-0.2, -0.15) is 5.10 Å². The van der Waals surface area contributed by atoms with Crippen LogP contribution in [0.2, 0.25) is 0 Å². The Morgan fingerprint density at radius 3 is 2.78 bits per heavy atom. The number of carboxylic acids is 1. The summed E-state index contributed by atoms with van der Waals surface area (Å²) in [4.78, 5) is 22.7. The van der Waals surface area contributed by atoms with Crippen LogP contribution in [-0.2, 0) is 11.3 Å². The first-order chi connectivity index (χ1) is 8.66. The highest BCUT2D eigenvalue weighted by atomic mass is 16.4. The minimum atomic E-state index is -1.07. The van der Waals surface area contributed by atoms with E-state index in [1.165, 1.54) is 23.4 Å². The number of nitrogens with one attached hydrogen (secondary N) is 1. The van der Waals surface area contributed by atoms with Gasteiger partial charge < -0.3 is 10.4 Å². The topological polar surface area (TPSA) is 84.2 Å². The molecule has 1 heterocycles. The van der Waals surface area contributed by atoms with Crippen LogP contribution in [0.3, 0.4) is 0 Å². The lowest BCUT2D eigenvalue weighted by Gasteiger charge is -2.22. The molecule has 1 aromatic heterocycles. The Morgan fingerprint density at radius 2 is 2.11 bits per heavy atom. The predicted molar refractivity (Wildman–Crippen MR) is 64.2 cm³/mol. The molecule has 1 aliphatic rings. The van der Waals surface area contributed by atoms with E-state index in [-0.39, 0.29) is 24.2 Å². The summed E-state index contributed by atoms with van der Waals surface area (Å²) in [6.07, 6.45) is 6.93. The van der Waals surface area contributed by atoms with E-state index in [0.717, 1.165) is 25.7 Å². The highest BCUT2D eigenvalue weighted by Crippen LogP contribution is 2.17. The van der Waals surface area contributed by atoms with Crippen molar-refractivity contribution >= 4 is 11.9 Å². The smallest absolute Gasteiger partial charge is 0.354 e. The maximum absolute atomic E-state index is 11.8. The second kappa shape index (κ2) is 5.66. The Labute approximate surface area is 105 Å². The molecule has 98 valence electrons. The van der Waals surface area contributed by atoms with Gasteiger partial charge in [-0.15, -0.1) is 0 Å². The van der Waals surface area contributed by atoms with E-state index in [9.17, 15) is 9.59 Å². The first kappa shape index (κ1) is 12.6. The lowest BCUT2D eigenvalue weighted by molar-refractivity contribution is -0.122. The molecule has 1 amide bonds. The summed E-state index contributed by atoms with van der Waals surface area (Å²) in [5.74, 6) is -1.24. The Bertz CT molecular complexity index is 436. The summed E-state index contributed by atoms with van der Waals surface area (Å²) < 4.78 is 1.21. The van der Waals surface area contributed by atoms with Crippen molar-refractivity contribution in [3.8, 4) is 0 Å². The number of hydrogen-bond donors (Lipinski definition) is 2. The molecule has 0 spiro atoms. The largest absolute Gasteiger partial charge is 0.477 e. The van der Waals surface area contributed by atoms with Crippen LogP contribution in [0.4, 0.5) is 0 Å². The molecule has 0 bridgehead atoms. The monoisotopic (exact) mass is 251 g/mol. The van der Waals surface area contributed by atoms with Crippen molar-refractivity contribution in [2.75, 3.05) is 0 Å². The molecule has 1 aromatic rings. The molecule has 0 radical (unpaired) electrons. The zero-order valence-corrected chi connectivity index (χ0v) is 10.1. The van der Waals surface area contributed by atoms with Crippen LogP contribution in [-0.4, -0.2) is 32.8 Å². The van der Waals surface area contributed by atoms with Crippen molar-refractivity contribution in [3.05, 3.63) is 18.0 Å². The van der Waals surface area contributed by atoms with E-state index in [4.69, 9.17) is 5.11 Å². The quantitative estimate of drug-likeness (QED) is 0.837. The third kappa shape index (κ3) is 3.09. The SMILES string of the molecule is O=C(Cn1nccc1C(=O)O)NC1CCCCC1. The van der Waals surface area contributed by atoms with Crippen LogP contribution in [0.25, 0.3) is 0 Å². The molecule has 0 aliphatic heterocycles. The fourth-order valence-electron chi connectivity index (χ4n) is 2.30. The summed E-state index contributed by atoms with van der Waals surface area (Å²) >= 11 is 0. The summed E-state index contributed by atoms with van der Waals surface area (Å²) in [5, 5.41) is 15.7. The van der Waals surface area contributed by atoms with Crippen molar-refractivity contribution in [1.29, 1.82) is 0 Å². The average molecular weight is 251 g/mol. The number of nitrogens with zero attached hydrogens (tertiary/aromatic N) is 2. The van der Waals surface area contributed by atoms with Gasteiger partial charge in [0.25, 0.3) is 0 Å². The van der Waals surface area contributed by atoms with E-state index in [1.54, 1.807) is 0 Å². The van der Waals surface area contributed by atoms with Crippen molar-refractivity contribution in [1.82, 2.24) is 15.1 Å². The Balaban J connectivity index is 1.90.